The summed E-state index contributed by atoms with van der Waals surface area (Å²) in [6.45, 7) is 6.75. The molecule has 1 atom stereocenters. The average molecular weight is 364 g/mol. The van der Waals surface area contributed by atoms with Gasteiger partial charge in [0.15, 0.2) is 0 Å². The maximum absolute atomic E-state index is 4.40. The normalized spacial score (nSPS) is 22.0. The Hall–Kier alpha value is -2.18. The number of nitrogens with one attached hydrogen (secondary N) is 2. The Labute approximate surface area is 159 Å². The summed E-state index contributed by atoms with van der Waals surface area (Å²) < 4.78 is 0. The second-order valence-electron chi connectivity index (χ2n) is 8.12. The van der Waals surface area contributed by atoms with Crippen LogP contribution >= 0.6 is 0 Å². The maximum atomic E-state index is 4.40. The zero-order chi connectivity index (χ0) is 18.1. The second-order valence-corrected chi connectivity index (χ2v) is 8.12. The largest absolute Gasteiger partial charge is 0.299 e. The van der Waals surface area contributed by atoms with E-state index in [4.69, 9.17) is 0 Å². The van der Waals surface area contributed by atoms with Crippen molar-refractivity contribution < 1.29 is 0 Å². The highest BCUT2D eigenvalue weighted by molar-refractivity contribution is 5.81. The molecule has 0 bridgehead atoms. The molecule has 2 N–H and O–H groups in total. The topological polar surface area (TPSA) is 63.8 Å². The lowest BCUT2D eigenvalue weighted by Crippen LogP contribution is -2.34. The molecule has 2 fully saturated rings. The summed E-state index contributed by atoms with van der Waals surface area (Å²) in [5.74, 6) is 0.555. The zero-order valence-corrected chi connectivity index (χ0v) is 15.8. The Balaban J connectivity index is 1.30. The molecule has 1 aromatic carbocycles. The third kappa shape index (κ3) is 3.51. The molecule has 0 amide bonds. The molecule has 142 valence electrons. The lowest BCUT2D eigenvalue weighted by molar-refractivity contribution is 0.198. The van der Waals surface area contributed by atoms with E-state index >= 15 is 0 Å². The van der Waals surface area contributed by atoms with E-state index in [1.165, 1.54) is 66.5 Å². The Morgan fingerprint density at radius 2 is 1.70 bits per heavy atom. The van der Waals surface area contributed by atoms with E-state index in [1.807, 2.05) is 6.20 Å². The van der Waals surface area contributed by atoms with Gasteiger partial charge in [0.25, 0.3) is 0 Å². The van der Waals surface area contributed by atoms with Crippen LogP contribution in [0.15, 0.2) is 30.6 Å². The molecule has 0 saturated carbocycles. The van der Waals surface area contributed by atoms with Crippen molar-refractivity contribution in [2.45, 2.75) is 44.7 Å². The first-order chi connectivity index (χ1) is 13.4. The van der Waals surface area contributed by atoms with Crippen molar-refractivity contribution in [1.82, 2.24) is 30.2 Å². The summed E-state index contributed by atoms with van der Waals surface area (Å²) in [6.07, 6.45) is 9.13. The van der Waals surface area contributed by atoms with Gasteiger partial charge in [-0.1, -0.05) is 18.2 Å². The molecule has 1 unspecified atom stereocenters. The summed E-state index contributed by atoms with van der Waals surface area (Å²) in [5, 5.41) is 16.3. The van der Waals surface area contributed by atoms with Gasteiger partial charge in [0.1, 0.15) is 0 Å². The minimum Gasteiger partial charge on any atom is -0.299 e. The number of rotatable bonds is 5. The van der Waals surface area contributed by atoms with Crippen LogP contribution < -0.4 is 0 Å². The SMILES string of the molecule is c1cc(CN2CCCC(c3[nH]ncc3CN3CCCC3)C2)c2[nH]ncc2c1. The van der Waals surface area contributed by atoms with E-state index < -0.39 is 0 Å². The quantitative estimate of drug-likeness (QED) is 0.729. The van der Waals surface area contributed by atoms with E-state index in [9.17, 15) is 0 Å². The molecule has 4 heterocycles. The third-order valence-corrected chi connectivity index (χ3v) is 6.21. The van der Waals surface area contributed by atoms with Crippen molar-refractivity contribution in [2.75, 3.05) is 26.2 Å². The first-order valence-electron chi connectivity index (χ1n) is 10.2. The van der Waals surface area contributed by atoms with E-state index in [2.05, 4.69) is 54.6 Å². The number of nitrogens with zero attached hydrogens (tertiary/aromatic N) is 4. The van der Waals surface area contributed by atoms with Gasteiger partial charge in [-0.05, 0) is 50.9 Å². The van der Waals surface area contributed by atoms with Gasteiger partial charge in [0.05, 0.1) is 17.9 Å². The van der Waals surface area contributed by atoms with E-state index in [0.717, 1.165) is 26.2 Å². The Morgan fingerprint density at radius 1 is 0.889 bits per heavy atom. The van der Waals surface area contributed by atoms with Gasteiger partial charge < -0.3 is 0 Å². The van der Waals surface area contributed by atoms with Crippen molar-refractivity contribution in [3.05, 3.63) is 47.4 Å². The number of fused-ring (bicyclic) bond motifs is 1. The average Bonchev–Trinajstić information content (AvgIpc) is 3.44. The minimum atomic E-state index is 0.555. The van der Waals surface area contributed by atoms with Crippen LogP contribution in [0.3, 0.4) is 0 Å². The van der Waals surface area contributed by atoms with Gasteiger partial charge >= 0.3 is 0 Å². The summed E-state index contributed by atoms with van der Waals surface area (Å²) in [5.41, 5.74) is 5.29. The molecular formula is C21H28N6. The standard InChI is InChI=1S/C21H28N6/c1-2-9-26(8-1)15-19-12-23-25-21(19)18-7-4-10-27(14-18)13-17-6-3-5-16-11-22-24-20(16)17/h3,5-6,11-12,18H,1-2,4,7-10,13-15H2,(H,22,24)(H,23,25). The molecule has 27 heavy (non-hydrogen) atoms. The summed E-state index contributed by atoms with van der Waals surface area (Å²) in [4.78, 5) is 5.15. The number of piperidine rings is 1. The molecule has 0 aliphatic carbocycles. The highest BCUT2D eigenvalue weighted by Crippen LogP contribution is 2.30. The van der Waals surface area contributed by atoms with Crippen LogP contribution in [0.5, 0.6) is 0 Å². The molecule has 5 rings (SSSR count). The molecule has 2 saturated heterocycles. The molecule has 2 aliphatic heterocycles. The van der Waals surface area contributed by atoms with Crippen LogP contribution in [0.1, 0.15) is 48.4 Å². The summed E-state index contributed by atoms with van der Waals surface area (Å²) >= 11 is 0. The van der Waals surface area contributed by atoms with Crippen LogP contribution in [0, 0.1) is 0 Å². The Bertz CT molecular complexity index is 891. The van der Waals surface area contributed by atoms with Crippen LogP contribution in [-0.2, 0) is 13.1 Å². The van der Waals surface area contributed by atoms with Crippen molar-refractivity contribution in [3.8, 4) is 0 Å². The number of hydrogen-bond acceptors (Lipinski definition) is 4. The van der Waals surface area contributed by atoms with Crippen LogP contribution in [-0.4, -0.2) is 56.4 Å². The number of para-hydroxylation sites is 1. The maximum Gasteiger partial charge on any atom is 0.0695 e. The van der Waals surface area contributed by atoms with E-state index in [-0.39, 0.29) is 0 Å². The summed E-state index contributed by atoms with van der Waals surface area (Å²) in [6, 6.07) is 6.48. The molecule has 6 heteroatoms. The Kier molecular flexibility index (Phi) is 4.67. The minimum absolute atomic E-state index is 0.555. The Morgan fingerprint density at radius 3 is 2.63 bits per heavy atom. The number of likely N-dealkylation sites (tertiary alicyclic amines) is 2. The molecular weight excluding hydrogens is 336 g/mol. The van der Waals surface area contributed by atoms with Crippen LogP contribution in [0.25, 0.3) is 10.9 Å². The molecule has 0 spiro atoms. The number of H-pyrrole nitrogens is 2. The lowest BCUT2D eigenvalue weighted by atomic mass is 9.92. The summed E-state index contributed by atoms with van der Waals surface area (Å²) in [7, 11) is 0. The second kappa shape index (κ2) is 7.44. The first-order valence-corrected chi connectivity index (χ1v) is 10.2. The van der Waals surface area contributed by atoms with Crippen LogP contribution in [0.4, 0.5) is 0 Å². The number of benzene rings is 1. The number of aromatic nitrogens is 4. The van der Waals surface area contributed by atoms with Crippen molar-refractivity contribution in [2.24, 2.45) is 0 Å². The van der Waals surface area contributed by atoms with E-state index in [0.29, 0.717) is 5.92 Å². The molecule has 6 nitrogen and oxygen atoms in total. The van der Waals surface area contributed by atoms with Gasteiger partial charge in [-0.25, -0.2) is 0 Å². The van der Waals surface area contributed by atoms with Gasteiger partial charge in [-0.3, -0.25) is 20.0 Å². The van der Waals surface area contributed by atoms with Crippen molar-refractivity contribution in [3.63, 3.8) is 0 Å². The molecule has 0 radical (unpaired) electrons. The number of hydrogen-bond donors (Lipinski definition) is 2. The predicted octanol–water partition coefficient (Wildman–Crippen LogP) is 3.26. The van der Waals surface area contributed by atoms with Gasteiger partial charge in [-0.2, -0.15) is 10.2 Å². The molecule has 3 aromatic rings. The van der Waals surface area contributed by atoms with Crippen molar-refractivity contribution in [1.29, 1.82) is 0 Å². The lowest BCUT2D eigenvalue weighted by Gasteiger charge is -2.33. The monoisotopic (exact) mass is 364 g/mol. The number of aromatic amines is 2. The van der Waals surface area contributed by atoms with Gasteiger partial charge in [0, 0.05) is 42.2 Å². The zero-order valence-electron chi connectivity index (χ0n) is 15.8. The first kappa shape index (κ1) is 17.0. The fraction of sp³-hybridized carbons (Fsp3) is 0.524. The third-order valence-electron chi connectivity index (χ3n) is 6.21. The fourth-order valence-corrected chi connectivity index (χ4v) is 4.82. The van der Waals surface area contributed by atoms with E-state index in [1.54, 1.807) is 0 Å². The predicted molar refractivity (Wildman–Crippen MR) is 106 cm³/mol. The smallest absolute Gasteiger partial charge is 0.0695 e. The van der Waals surface area contributed by atoms with Crippen LogP contribution in [0.2, 0.25) is 0 Å². The highest BCUT2D eigenvalue weighted by atomic mass is 15.2. The molecule has 2 aliphatic rings. The highest BCUT2D eigenvalue weighted by Gasteiger charge is 2.26. The molecule has 2 aromatic heterocycles. The fourth-order valence-electron chi connectivity index (χ4n) is 4.82. The van der Waals surface area contributed by atoms with Gasteiger partial charge in [-0.15, -0.1) is 0 Å². The van der Waals surface area contributed by atoms with Gasteiger partial charge in [0.2, 0.25) is 0 Å². The van der Waals surface area contributed by atoms with Crippen molar-refractivity contribution >= 4 is 10.9 Å².